The maximum absolute atomic E-state index is 5.84. The van der Waals surface area contributed by atoms with Crippen LogP contribution in [-0.4, -0.2) is 24.3 Å². The number of nitrogens with zero attached hydrogens (tertiary/aromatic N) is 1. The van der Waals surface area contributed by atoms with Crippen molar-refractivity contribution in [3.05, 3.63) is 0 Å². The third kappa shape index (κ3) is 4.12. The molecule has 1 saturated carbocycles. The van der Waals surface area contributed by atoms with Crippen molar-refractivity contribution in [1.82, 2.24) is 5.06 Å². The fourth-order valence-electron chi connectivity index (χ4n) is 2.53. The van der Waals surface area contributed by atoms with Crippen molar-refractivity contribution in [2.24, 2.45) is 5.92 Å². The quantitative estimate of drug-likeness (QED) is 0.511. The van der Waals surface area contributed by atoms with Crippen molar-refractivity contribution in [3.8, 4) is 0 Å². The molecule has 0 bridgehead atoms. The lowest BCUT2D eigenvalue weighted by molar-refractivity contribution is -0.194. The van der Waals surface area contributed by atoms with Gasteiger partial charge in [0.05, 0.1) is 6.61 Å². The van der Waals surface area contributed by atoms with Crippen LogP contribution in [0.1, 0.15) is 59.3 Å². The van der Waals surface area contributed by atoms with E-state index in [2.05, 4.69) is 25.8 Å². The molecule has 1 aliphatic rings. The first-order chi connectivity index (χ1) is 7.29. The van der Waals surface area contributed by atoms with Crippen molar-refractivity contribution in [3.63, 3.8) is 0 Å². The lowest BCUT2D eigenvalue weighted by Crippen LogP contribution is -2.39. The predicted molar refractivity (Wildman–Crippen MR) is 64.7 cm³/mol. The Kier molecular flexibility index (Phi) is 6.26. The first-order valence-electron chi connectivity index (χ1n) is 6.69. The second-order valence-corrected chi connectivity index (χ2v) is 4.75. The second-order valence-electron chi connectivity index (χ2n) is 4.75. The van der Waals surface area contributed by atoms with Crippen LogP contribution in [0, 0.1) is 5.92 Å². The van der Waals surface area contributed by atoms with E-state index in [-0.39, 0.29) is 0 Å². The molecule has 1 fully saturated rings. The molecule has 0 amide bonds. The van der Waals surface area contributed by atoms with E-state index >= 15 is 0 Å². The summed E-state index contributed by atoms with van der Waals surface area (Å²) in [6, 6.07) is 0.657. The van der Waals surface area contributed by atoms with Crippen molar-refractivity contribution < 1.29 is 4.84 Å². The molecule has 2 unspecified atom stereocenters. The van der Waals surface area contributed by atoms with E-state index in [1.165, 1.54) is 32.1 Å². The van der Waals surface area contributed by atoms with Crippen LogP contribution in [0.15, 0.2) is 0 Å². The van der Waals surface area contributed by atoms with E-state index in [0.29, 0.717) is 6.04 Å². The van der Waals surface area contributed by atoms with Gasteiger partial charge in [-0.15, -0.1) is 0 Å². The molecular weight excluding hydrogens is 186 g/mol. The van der Waals surface area contributed by atoms with Crippen LogP contribution in [-0.2, 0) is 4.84 Å². The second kappa shape index (κ2) is 7.24. The minimum absolute atomic E-state index is 0.657. The summed E-state index contributed by atoms with van der Waals surface area (Å²) in [6.45, 7) is 8.65. The summed E-state index contributed by atoms with van der Waals surface area (Å²) in [7, 11) is 0. The summed E-state index contributed by atoms with van der Waals surface area (Å²) in [6.07, 6.45) is 7.99. The van der Waals surface area contributed by atoms with Gasteiger partial charge >= 0.3 is 0 Å². The van der Waals surface area contributed by atoms with Crippen LogP contribution in [0.2, 0.25) is 0 Å². The van der Waals surface area contributed by atoms with Gasteiger partial charge in [0, 0.05) is 12.6 Å². The molecule has 2 atom stereocenters. The molecule has 2 nitrogen and oxygen atoms in total. The predicted octanol–water partition coefficient (Wildman–Crippen LogP) is 3.62. The fraction of sp³-hybridized carbons (Fsp3) is 1.00. The van der Waals surface area contributed by atoms with E-state index < -0.39 is 0 Å². The summed E-state index contributed by atoms with van der Waals surface area (Å²) in [5, 5.41) is 2.24. The fourth-order valence-corrected chi connectivity index (χ4v) is 2.53. The van der Waals surface area contributed by atoms with E-state index in [4.69, 9.17) is 4.84 Å². The van der Waals surface area contributed by atoms with E-state index in [1.54, 1.807) is 0 Å². The molecule has 0 heterocycles. The molecule has 0 spiro atoms. The zero-order valence-corrected chi connectivity index (χ0v) is 10.7. The van der Waals surface area contributed by atoms with Crippen LogP contribution in [0.25, 0.3) is 0 Å². The average molecular weight is 213 g/mol. The monoisotopic (exact) mass is 213 g/mol. The summed E-state index contributed by atoms with van der Waals surface area (Å²) in [5.74, 6) is 0.796. The number of rotatable bonds is 5. The summed E-state index contributed by atoms with van der Waals surface area (Å²) in [4.78, 5) is 5.84. The minimum atomic E-state index is 0.657. The van der Waals surface area contributed by atoms with Gasteiger partial charge in [0.25, 0.3) is 0 Å². The van der Waals surface area contributed by atoms with E-state index in [1.807, 2.05) is 0 Å². The van der Waals surface area contributed by atoms with Gasteiger partial charge in [0.2, 0.25) is 0 Å². The van der Waals surface area contributed by atoms with Crippen LogP contribution < -0.4 is 0 Å². The molecular formula is C13H27NO. The summed E-state index contributed by atoms with van der Waals surface area (Å²) < 4.78 is 0. The lowest BCUT2D eigenvalue weighted by atomic mass is 9.97. The van der Waals surface area contributed by atoms with Crippen LogP contribution in [0.4, 0.5) is 0 Å². The largest absolute Gasteiger partial charge is 0.299 e. The number of hydrogen-bond acceptors (Lipinski definition) is 2. The Morgan fingerprint density at radius 2 is 1.87 bits per heavy atom. The molecule has 0 N–H and O–H groups in total. The Bertz CT molecular complexity index is 161. The van der Waals surface area contributed by atoms with Gasteiger partial charge in [-0.2, -0.15) is 5.06 Å². The molecule has 0 aromatic heterocycles. The topological polar surface area (TPSA) is 12.5 Å². The molecule has 1 rings (SSSR count). The first kappa shape index (κ1) is 13.0. The Balaban J connectivity index is 2.47. The van der Waals surface area contributed by atoms with Gasteiger partial charge in [-0.05, 0) is 25.2 Å². The van der Waals surface area contributed by atoms with Crippen molar-refractivity contribution in [1.29, 1.82) is 0 Å². The molecule has 15 heavy (non-hydrogen) atoms. The van der Waals surface area contributed by atoms with E-state index in [0.717, 1.165) is 25.5 Å². The smallest absolute Gasteiger partial charge is 0.0682 e. The maximum atomic E-state index is 5.84. The normalized spacial score (nSPS) is 28.0. The zero-order valence-electron chi connectivity index (χ0n) is 10.7. The molecule has 0 aliphatic heterocycles. The first-order valence-corrected chi connectivity index (χ1v) is 6.69. The van der Waals surface area contributed by atoms with Gasteiger partial charge in [-0.1, -0.05) is 40.0 Å². The third-order valence-corrected chi connectivity index (χ3v) is 3.46. The highest BCUT2D eigenvalue weighted by molar-refractivity contribution is 4.75. The minimum Gasteiger partial charge on any atom is -0.299 e. The van der Waals surface area contributed by atoms with Gasteiger partial charge in [-0.25, -0.2) is 0 Å². The van der Waals surface area contributed by atoms with Gasteiger partial charge < -0.3 is 0 Å². The average Bonchev–Trinajstić information content (AvgIpc) is 2.45. The summed E-state index contributed by atoms with van der Waals surface area (Å²) in [5.41, 5.74) is 0. The molecule has 90 valence electrons. The zero-order chi connectivity index (χ0) is 11.1. The van der Waals surface area contributed by atoms with Gasteiger partial charge in [0.1, 0.15) is 0 Å². The van der Waals surface area contributed by atoms with Crippen LogP contribution in [0.3, 0.4) is 0 Å². The molecule has 0 aromatic rings. The highest BCUT2D eigenvalue weighted by atomic mass is 16.7. The molecule has 1 aliphatic carbocycles. The SMILES string of the molecule is CCCON(CC)C1CCCCCC1C. The Hall–Kier alpha value is -0.0800. The number of hydrogen-bond donors (Lipinski definition) is 0. The molecule has 2 heteroatoms. The Morgan fingerprint density at radius 1 is 1.13 bits per heavy atom. The standard InChI is InChI=1S/C13H27NO/c1-4-11-15-14(5-2)13-10-8-6-7-9-12(13)3/h12-13H,4-11H2,1-3H3. The highest BCUT2D eigenvalue weighted by Gasteiger charge is 2.25. The summed E-state index contributed by atoms with van der Waals surface area (Å²) >= 11 is 0. The maximum Gasteiger partial charge on any atom is 0.0682 e. The van der Waals surface area contributed by atoms with Gasteiger partial charge in [-0.3, -0.25) is 4.84 Å². The third-order valence-electron chi connectivity index (χ3n) is 3.46. The van der Waals surface area contributed by atoms with Crippen LogP contribution >= 0.6 is 0 Å². The molecule has 0 saturated heterocycles. The molecule has 0 aromatic carbocycles. The Labute approximate surface area is 94.9 Å². The highest BCUT2D eigenvalue weighted by Crippen LogP contribution is 2.27. The lowest BCUT2D eigenvalue weighted by Gasteiger charge is -2.32. The van der Waals surface area contributed by atoms with Crippen molar-refractivity contribution >= 4 is 0 Å². The Morgan fingerprint density at radius 3 is 2.53 bits per heavy atom. The van der Waals surface area contributed by atoms with Crippen molar-refractivity contribution in [2.45, 2.75) is 65.3 Å². The number of hydroxylamine groups is 2. The molecule has 0 radical (unpaired) electrons. The van der Waals surface area contributed by atoms with Crippen LogP contribution in [0.5, 0.6) is 0 Å². The van der Waals surface area contributed by atoms with Gasteiger partial charge in [0.15, 0.2) is 0 Å². The van der Waals surface area contributed by atoms with Crippen molar-refractivity contribution in [2.75, 3.05) is 13.2 Å². The van der Waals surface area contributed by atoms with E-state index in [9.17, 15) is 0 Å².